The summed E-state index contributed by atoms with van der Waals surface area (Å²) in [6, 6.07) is 0.462. The Morgan fingerprint density at radius 1 is 1.19 bits per heavy atom. The van der Waals surface area contributed by atoms with Gasteiger partial charge in [0.1, 0.15) is 0 Å². The van der Waals surface area contributed by atoms with Crippen LogP contribution >= 0.6 is 0 Å². The van der Waals surface area contributed by atoms with Gasteiger partial charge in [0.2, 0.25) is 0 Å². The molecule has 0 radical (unpaired) electrons. The zero-order chi connectivity index (χ0) is 14.2. The van der Waals surface area contributed by atoms with Crippen molar-refractivity contribution in [2.24, 2.45) is 5.92 Å². The van der Waals surface area contributed by atoms with Crippen LogP contribution in [0.25, 0.3) is 0 Å². The zero-order valence-corrected chi connectivity index (χ0v) is 12.5. The number of rotatable bonds is 2. The third-order valence-corrected chi connectivity index (χ3v) is 5.51. The van der Waals surface area contributed by atoms with E-state index < -0.39 is 0 Å². The molecule has 4 rings (SSSR count). The van der Waals surface area contributed by atoms with Gasteiger partial charge < -0.3 is 10.2 Å². The SMILES string of the molecule is O=C(c1n[nH]c2c1CNCC2)N1CCCC1C1CCCC1. The van der Waals surface area contributed by atoms with E-state index in [-0.39, 0.29) is 5.91 Å². The number of likely N-dealkylation sites (tertiary alicyclic amines) is 1. The molecule has 3 aliphatic rings. The molecule has 2 aliphatic heterocycles. The smallest absolute Gasteiger partial charge is 0.274 e. The summed E-state index contributed by atoms with van der Waals surface area (Å²) in [5.74, 6) is 0.884. The van der Waals surface area contributed by atoms with Crippen LogP contribution in [0.1, 0.15) is 60.3 Å². The molecule has 1 unspecified atom stereocenters. The second-order valence-electron chi connectivity index (χ2n) is 6.71. The van der Waals surface area contributed by atoms with Crippen LogP contribution in [0.5, 0.6) is 0 Å². The van der Waals surface area contributed by atoms with Gasteiger partial charge in [-0.25, -0.2) is 0 Å². The molecule has 1 amide bonds. The van der Waals surface area contributed by atoms with Crippen molar-refractivity contribution in [3.63, 3.8) is 0 Å². The maximum absolute atomic E-state index is 13.0. The molecule has 1 aromatic rings. The van der Waals surface area contributed by atoms with E-state index >= 15 is 0 Å². The van der Waals surface area contributed by atoms with Crippen molar-refractivity contribution in [1.29, 1.82) is 0 Å². The second-order valence-corrected chi connectivity index (χ2v) is 6.71. The molecule has 21 heavy (non-hydrogen) atoms. The van der Waals surface area contributed by atoms with Crippen LogP contribution in [-0.4, -0.2) is 40.1 Å². The summed E-state index contributed by atoms with van der Waals surface area (Å²) in [6.07, 6.45) is 8.56. The topological polar surface area (TPSA) is 61.0 Å². The lowest BCUT2D eigenvalue weighted by molar-refractivity contribution is 0.0681. The molecule has 0 spiro atoms. The number of aromatic amines is 1. The number of hydrogen-bond donors (Lipinski definition) is 2. The lowest BCUT2D eigenvalue weighted by atomic mass is 9.95. The van der Waals surface area contributed by atoms with Crippen LogP contribution in [0.2, 0.25) is 0 Å². The molecule has 1 aromatic heterocycles. The van der Waals surface area contributed by atoms with E-state index in [0.717, 1.165) is 49.7 Å². The number of H-pyrrole nitrogens is 1. The molecule has 1 atom stereocenters. The minimum Gasteiger partial charge on any atom is -0.334 e. The molecule has 1 saturated heterocycles. The Bertz CT molecular complexity index is 532. The predicted octanol–water partition coefficient (Wildman–Crippen LogP) is 1.85. The highest BCUT2D eigenvalue weighted by Crippen LogP contribution is 2.36. The maximum Gasteiger partial charge on any atom is 0.274 e. The lowest BCUT2D eigenvalue weighted by Gasteiger charge is -2.29. The molecule has 0 bridgehead atoms. The summed E-state index contributed by atoms with van der Waals surface area (Å²) in [7, 11) is 0. The van der Waals surface area contributed by atoms with Crippen LogP contribution in [0.3, 0.4) is 0 Å². The quantitative estimate of drug-likeness (QED) is 0.873. The third kappa shape index (κ3) is 2.27. The van der Waals surface area contributed by atoms with E-state index in [2.05, 4.69) is 20.4 Å². The van der Waals surface area contributed by atoms with E-state index in [0.29, 0.717) is 11.7 Å². The van der Waals surface area contributed by atoms with Crippen molar-refractivity contribution in [2.75, 3.05) is 13.1 Å². The van der Waals surface area contributed by atoms with Gasteiger partial charge in [0.15, 0.2) is 5.69 Å². The van der Waals surface area contributed by atoms with Gasteiger partial charge in [-0.2, -0.15) is 5.10 Å². The Labute approximate surface area is 125 Å². The molecule has 1 saturated carbocycles. The predicted molar refractivity (Wildman–Crippen MR) is 80.0 cm³/mol. The van der Waals surface area contributed by atoms with Gasteiger partial charge in [0, 0.05) is 43.4 Å². The Balaban J connectivity index is 1.57. The molecule has 5 nitrogen and oxygen atoms in total. The average Bonchev–Trinajstić information content (AvgIpc) is 3.25. The van der Waals surface area contributed by atoms with Crippen molar-refractivity contribution in [1.82, 2.24) is 20.4 Å². The molecule has 114 valence electrons. The second kappa shape index (κ2) is 5.44. The van der Waals surface area contributed by atoms with E-state index in [4.69, 9.17) is 0 Å². The molecule has 2 N–H and O–H groups in total. The number of aromatic nitrogens is 2. The van der Waals surface area contributed by atoms with Gasteiger partial charge in [0.25, 0.3) is 5.91 Å². The summed E-state index contributed by atoms with van der Waals surface area (Å²) in [5, 5.41) is 10.8. The first kappa shape index (κ1) is 13.3. The molecular weight excluding hydrogens is 264 g/mol. The molecule has 3 heterocycles. The van der Waals surface area contributed by atoms with Crippen LogP contribution in [0.4, 0.5) is 0 Å². The third-order valence-electron chi connectivity index (χ3n) is 5.51. The first-order valence-corrected chi connectivity index (χ1v) is 8.42. The van der Waals surface area contributed by atoms with Crippen LogP contribution in [0.15, 0.2) is 0 Å². The molecule has 2 fully saturated rings. The van der Waals surface area contributed by atoms with Crippen LogP contribution in [0, 0.1) is 5.92 Å². The van der Waals surface area contributed by atoms with Gasteiger partial charge >= 0.3 is 0 Å². The van der Waals surface area contributed by atoms with Gasteiger partial charge in [-0.05, 0) is 31.6 Å². The highest BCUT2D eigenvalue weighted by atomic mass is 16.2. The fourth-order valence-electron chi connectivity index (χ4n) is 4.42. The zero-order valence-electron chi connectivity index (χ0n) is 12.5. The summed E-state index contributed by atoms with van der Waals surface area (Å²) in [5.41, 5.74) is 2.92. The monoisotopic (exact) mass is 288 g/mol. The number of carbonyl (C=O) groups is 1. The minimum absolute atomic E-state index is 0.158. The lowest BCUT2D eigenvalue weighted by Crippen LogP contribution is -2.40. The van der Waals surface area contributed by atoms with Crippen molar-refractivity contribution >= 4 is 5.91 Å². The Morgan fingerprint density at radius 3 is 2.90 bits per heavy atom. The molecule has 1 aliphatic carbocycles. The highest BCUT2D eigenvalue weighted by molar-refractivity contribution is 5.94. The van der Waals surface area contributed by atoms with Crippen LogP contribution in [-0.2, 0) is 13.0 Å². The average molecular weight is 288 g/mol. The van der Waals surface area contributed by atoms with E-state index in [9.17, 15) is 4.79 Å². The first-order chi connectivity index (χ1) is 10.3. The first-order valence-electron chi connectivity index (χ1n) is 8.42. The Hall–Kier alpha value is -1.36. The Morgan fingerprint density at radius 2 is 2.05 bits per heavy atom. The molecule has 5 heteroatoms. The van der Waals surface area contributed by atoms with Crippen molar-refractivity contribution in [2.45, 2.75) is 57.5 Å². The Kier molecular flexibility index (Phi) is 3.45. The maximum atomic E-state index is 13.0. The fourth-order valence-corrected chi connectivity index (χ4v) is 4.42. The van der Waals surface area contributed by atoms with Crippen molar-refractivity contribution < 1.29 is 4.79 Å². The van der Waals surface area contributed by atoms with E-state index in [1.807, 2.05) is 0 Å². The summed E-state index contributed by atoms with van der Waals surface area (Å²) in [4.78, 5) is 15.1. The fraction of sp³-hybridized carbons (Fsp3) is 0.750. The number of fused-ring (bicyclic) bond motifs is 1. The van der Waals surface area contributed by atoms with E-state index in [1.54, 1.807) is 0 Å². The van der Waals surface area contributed by atoms with Crippen molar-refractivity contribution in [3.8, 4) is 0 Å². The van der Waals surface area contributed by atoms with Crippen LogP contribution < -0.4 is 5.32 Å². The largest absolute Gasteiger partial charge is 0.334 e. The number of amides is 1. The summed E-state index contributed by atoms with van der Waals surface area (Å²) < 4.78 is 0. The van der Waals surface area contributed by atoms with Gasteiger partial charge in [0.05, 0.1) is 0 Å². The van der Waals surface area contributed by atoms with E-state index in [1.165, 1.54) is 32.1 Å². The number of carbonyl (C=O) groups excluding carboxylic acids is 1. The summed E-state index contributed by atoms with van der Waals surface area (Å²) in [6.45, 7) is 2.65. The van der Waals surface area contributed by atoms with Gasteiger partial charge in [-0.15, -0.1) is 0 Å². The highest BCUT2D eigenvalue weighted by Gasteiger charge is 2.38. The standard InChI is InChI=1S/C16H24N4O/c21-16(15-12-10-17-8-7-13(12)18-19-15)20-9-3-6-14(20)11-4-1-2-5-11/h11,14,17H,1-10H2,(H,18,19). The van der Waals surface area contributed by atoms with Crippen molar-refractivity contribution in [3.05, 3.63) is 17.0 Å². The normalized spacial score (nSPS) is 26.3. The minimum atomic E-state index is 0.158. The van der Waals surface area contributed by atoms with Gasteiger partial charge in [-0.1, -0.05) is 12.8 Å². The molecular formula is C16H24N4O. The molecule has 0 aromatic carbocycles. The number of hydrogen-bond acceptors (Lipinski definition) is 3. The number of nitrogens with one attached hydrogen (secondary N) is 2. The van der Waals surface area contributed by atoms with Gasteiger partial charge in [-0.3, -0.25) is 9.89 Å². The summed E-state index contributed by atoms with van der Waals surface area (Å²) >= 11 is 0. The number of nitrogens with zero attached hydrogens (tertiary/aromatic N) is 2.